The maximum atomic E-state index is 12.7. The molecule has 1 unspecified atom stereocenters. The molecule has 0 aliphatic carbocycles. The molecule has 6 nitrogen and oxygen atoms in total. The fourth-order valence-corrected chi connectivity index (χ4v) is 7.48. The molecule has 0 saturated heterocycles. The van der Waals surface area contributed by atoms with Crippen LogP contribution in [0.1, 0.15) is 278 Å². The molecule has 0 rings (SSSR count). The van der Waals surface area contributed by atoms with E-state index < -0.39 is 6.10 Å². The quantitative estimate of drug-likeness (QED) is 0.0347. The largest absolute Gasteiger partial charge is 0.462 e. The second-order valence-corrected chi connectivity index (χ2v) is 17.3. The zero-order valence-corrected chi connectivity index (χ0v) is 38.1. The standard InChI is InChI=1S/C50H96O6/c1-5-8-10-12-14-16-17-18-19-20-21-22-23-24-25-27-29-34-38-42-49(52)55-45-47(44-54-48(51)41-37-33-28-26-15-13-11-9-6-2)56-50(53)43-39-35-31-30-32-36-40-46(4)7-3/h46-47H,5-45H2,1-4H3/t46?,47-/m0/s1. The lowest BCUT2D eigenvalue weighted by Gasteiger charge is -2.18. The van der Waals surface area contributed by atoms with Gasteiger partial charge in [0.1, 0.15) is 13.2 Å². The highest BCUT2D eigenvalue weighted by Crippen LogP contribution is 2.17. The van der Waals surface area contributed by atoms with Crippen molar-refractivity contribution in [2.45, 2.75) is 284 Å². The van der Waals surface area contributed by atoms with Crippen molar-refractivity contribution < 1.29 is 28.6 Å². The Kier molecular flexibility index (Phi) is 43.2. The summed E-state index contributed by atoms with van der Waals surface area (Å²) in [5, 5.41) is 0. The van der Waals surface area contributed by atoms with Crippen LogP contribution < -0.4 is 0 Å². The molecule has 0 N–H and O–H groups in total. The smallest absolute Gasteiger partial charge is 0.306 e. The minimum atomic E-state index is -0.760. The Labute approximate surface area is 348 Å². The van der Waals surface area contributed by atoms with Crippen LogP contribution in [0.4, 0.5) is 0 Å². The van der Waals surface area contributed by atoms with Gasteiger partial charge in [0.15, 0.2) is 6.10 Å². The van der Waals surface area contributed by atoms with E-state index in [1.54, 1.807) is 0 Å². The molecule has 0 radical (unpaired) electrons. The van der Waals surface area contributed by atoms with Crippen LogP contribution in [0.25, 0.3) is 0 Å². The minimum absolute atomic E-state index is 0.0643. The maximum absolute atomic E-state index is 12.7. The summed E-state index contributed by atoms with van der Waals surface area (Å²) in [5.74, 6) is -0.0451. The molecule has 2 atom stereocenters. The van der Waals surface area contributed by atoms with Gasteiger partial charge in [-0.15, -0.1) is 0 Å². The van der Waals surface area contributed by atoms with E-state index in [9.17, 15) is 14.4 Å². The molecule has 0 saturated carbocycles. The Balaban J connectivity index is 4.19. The Morgan fingerprint density at radius 2 is 0.625 bits per heavy atom. The Morgan fingerprint density at radius 3 is 0.929 bits per heavy atom. The molecule has 0 heterocycles. The van der Waals surface area contributed by atoms with Crippen molar-refractivity contribution in [2.24, 2.45) is 5.92 Å². The fraction of sp³-hybridized carbons (Fsp3) is 0.940. The van der Waals surface area contributed by atoms with Gasteiger partial charge in [-0.25, -0.2) is 0 Å². The first-order chi connectivity index (χ1) is 27.4. The van der Waals surface area contributed by atoms with Gasteiger partial charge >= 0.3 is 17.9 Å². The number of carbonyl (C=O) groups is 3. The minimum Gasteiger partial charge on any atom is -0.462 e. The van der Waals surface area contributed by atoms with Crippen LogP contribution in [0.2, 0.25) is 0 Å². The predicted molar refractivity (Wildman–Crippen MR) is 238 cm³/mol. The average molecular weight is 793 g/mol. The number of unbranched alkanes of at least 4 members (excludes halogenated alkanes) is 31. The summed E-state index contributed by atoms with van der Waals surface area (Å²) in [5.41, 5.74) is 0. The number of hydrogen-bond donors (Lipinski definition) is 0. The Hall–Kier alpha value is -1.59. The monoisotopic (exact) mass is 793 g/mol. The molecular weight excluding hydrogens is 697 g/mol. The van der Waals surface area contributed by atoms with E-state index in [1.807, 2.05) is 0 Å². The van der Waals surface area contributed by atoms with Crippen LogP contribution in [-0.4, -0.2) is 37.2 Å². The van der Waals surface area contributed by atoms with Crippen LogP contribution in [0.5, 0.6) is 0 Å². The van der Waals surface area contributed by atoms with Crippen molar-refractivity contribution in [3.05, 3.63) is 0 Å². The van der Waals surface area contributed by atoms with Gasteiger partial charge in [-0.05, 0) is 25.2 Å². The number of rotatable bonds is 45. The maximum Gasteiger partial charge on any atom is 0.306 e. The van der Waals surface area contributed by atoms with E-state index in [0.29, 0.717) is 19.3 Å². The Morgan fingerprint density at radius 1 is 0.357 bits per heavy atom. The lowest BCUT2D eigenvalue weighted by atomic mass is 10.00. The molecule has 56 heavy (non-hydrogen) atoms. The number of ether oxygens (including phenoxy) is 3. The van der Waals surface area contributed by atoms with Crippen molar-refractivity contribution in [1.29, 1.82) is 0 Å². The van der Waals surface area contributed by atoms with E-state index >= 15 is 0 Å². The predicted octanol–water partition coefficient (Wildman–Crippen LogP) is 15.9. The second-order valence-electron chi connectivity index (χ2n) is 17.3. The number of hydrogen-bond acceptors (Lipinski definition) is 6. The zero-order valence-electron chi connectivity index (χ0n) is 38.1. The van der Waals surface area contributed by atoms with E-state index in [-0.39, 0.29) is 31.1 Å². The summed E-state index contributed by atoms with van der Waals surface area (Å²) in [4.78, 5) is 37.7. The Bertz CT molecular complexity index is 843. The fourth-order valence-electron chi connectivity index (χ4n) is 7.48. The topological polar surface area (TPSA) is 78.9 Å². The highest BCUT2D eigenvalue weighted by molar-refractivity contribution is 5.71. The van der Waals surface area contributed by atoms with Gasteiger partial charge in [0.05, 0.1) is 0 Å². The molecule has 0 fully saturated rings. The molecule has 0 aliphatic heterocycles. The molecule has 332 valence electrons. The third-order valence-electron chi connectivity index (χ3n) is 11.7. The van der Waals surface area contributed by atoms with E-state index in [4.69, 9.17) is 14.2 Å². The van der Waals surface area contributed by atoms with Crippen molar-refractivity contribution in [3.8, 4) is 0 Å². The van der Waals surface area contributed by atoms with Crippen molar-refractivity contribution in [2.75, 3.05) is 13.2 Å². The first-order valence-electron chi connectivity index (χ1n) is 24.9. The first kappa shape index (κ1) is 54.4. The van der Waals surface area contributed by atoms with Gasteiger partial charge in [0.25, 0.3) is 0 Å². The molecule has 0 aromatic rings. The van der Waals surface area contributed by atoms with E-state index in [0.717, 1.165) is 63.7 Å². The SMILES string of the molecule is CCCCCCCCCCCCCCCCCCCCCC(=O)OC[C@H](COC(=O)CCCCCCCCCCC)OC(=O)CCCCCCCCC(C)CC. The van der Waals surface area contributed by atoms with E-state index in [2.05, 4.69) is 27.7 Å². The average Bonchev–Trinajstić information content (AvgIpc) is 3.19. The van der Waals surface area contributed by atoms with Gasteiger partial charge in [-0.2, -0.15) is 0 Å². The third kappa shape index (κ3) is 42.0. The number of esters is 3. The summed E-state index contributed by atoms with van der Waals surface area (Å²) >= 11 is 0. The van der Waals surface area contributed by atoms with Crippen LogP contribution >= 0.6 is 0 Å². The molecule has 0 spiro atoms. The molecule has 0 amide bonds. The summed E-state index contributed by atoms with van der Waals surface area (Å²) in [6, 6.07) is 0. The summed E-state index contributed by atoms with van der Waals surface area (Å²) < 4.78 is 16.7. The van der Waals surface area contributed by atoms with Crippen molar-refractivity contribution in [3.63, 3.8) is 0 Å². The highest BCUT2D eigenvalue weighted by Gasteiger charge is 2.19. The number of carbonyl (C=O) groups excluding carboxylic acids is 3. The highest BCUT2D eigenvalue weighted by atomic mass is 16.6. The summed E-state index contributed by atoms with van der Waals surface area (Å²) in [6.07, 6.45) is 45.3. The van der Waals surface area contributed by atoms with Crippen LogP contribution in [0, 0.1) is 5.92 Å². The molecule has 0 bridgehead atoms. The third-order valence-corrected chi connectivity index (χ3v) is 11.7. The lowest BCUT2D eigenvalue weighted by molar-refractivity contribution is -0.167. The molecular formula is C50H96O6. The van der Waals surface area contributed by atoms with Gasteiger partial charge < -0.3 is 14.2 Å². The van der Waals surface area contributed by atoms with Gasteiger partial charge in [-0.3, -0.25) is 14.4 Å². The molecule has 0 aliphatic rings. The molecule has 0 aromatic carbocycles. The van der Waals surface area contributed by atoms with Gasteiger partial charge in [-0.1, -0.05) is 240 Å². The van der Waals surface area contributed by atoms with Crippen LogP contribution in [-0.2, 0) is 28.6 Å². The summed E-state index contributed by atoms with van der Waals surface area (Å²) in [6.45, 7) is 8.97. The van der Waals surface area contributed by atoms with Gasteiger partial charge in [0.2, 0.25) is 0 Å². The second kappa shape index (κ2) is 44.5. The van der Waals surface area contributed by atoms with Crippen LogP contribution in [0.3, 0.4) is 0 Å². The normalized spacial score (nSPS) is 12.4. The van der Waals surface area contributed by atoms with Crippen LogP contribution in [0.15, 0.2) is 0 Å². The van der Waals surface area contributed by atoms with Crippen molar-refractivity contribution >= 4 is 17.9 Å². The van der Waals surface area contributed by atoms with E-state index in [1.165, 1.54) is 173 Å². The van der Waals surface area contributed by atoms with Crippen molar-refractivity contribution in [1.82, 2.24) is 0 Å². The molecule has 0 aromatic heterocycles. The zero-order chi connectivity index (χ0) is 41.0. The summed E-state index contributed by atoms with van der Waals surface area (Å²) in [7, 11) is 0. The lowest BCUT2D eigenvalue weighted by Crippen LogP contribution is -2.30. The van der Waals surface area contributed by atoms with Gasteiger partial charge in [0, 0.05) is 19.3 Å². The first-order valence-corrected chi connectivity index (χ1v) is 24.9. The molecule has 6 heteroatoms.